The van der Waals surface area contributed by atoms with Crippen LogP contribution in [0, 0.1) is 17.8 Å². The van der Waals surface area contributed by atoms with Gasteiger partial charge in [-0.1, -0.05) is 17.4 Å². The number of pyridine rings is 1. The largest absolute Gasteiger partial charge is 0.466 e. The van der Waals surface area contributed by atoms with Crippen LogP contribution in [0.4, 0.5) is 0 Å². The molecule has 0 unspecified atom stereocenters. The van der Waals surface area contributed by atoms with Gasteiger partial charge in [0.05, 0.1) is 4.88 Å². The highest BCUT2D eigenvalue weighted by Crippen LogP contribution is 2.45. The molecular formula is C17H19N3OS. The van der Waals surface area contributed by atoms with Gasteiger partial charge in [0.2, 0.25) is 0 Å². The second-order valence-electron chi connectivity index (χ2n) is 6.89. The smallest absolute Gasteiger partial charge is 0.274 e. The molecule has 0 N–H and O–H groups in total. The van der Waals surface area contributed by atoms with Crippen molar-refractivity contribution in [1.29, 1.82) is 0 Å². The molecule has 2 aromatic rings. The average molecular weight is 313 g/mol. The van der Waals surface area contributed by atoms with E-state index in [1.165, 1.54) is 32.5 Å². The Morgan fingerprint density at radius 2 is 2.00 bits per heavy atom. The minimum Gasteiger partial charge on any atom is -0.466 e. The zero-order valence-corrected chi connectivity index (χ0v) is 13.2. The molecule has 22 heavy (non-hydrogen) atoms. The maximum atomic E-state index is 6.35. The minimum absolute atomic E-state index is 0.376. The van der Waals surface area contributed by atoms with Gasteiger partial charge in [0.1, 0.15) is 6.10 Å². The molecule has 5 heterocycles. The van der Waals surface area contributed by atoms with Crippen LogP contribution in [0.2, 0.25) is 0 Å². The van der Waals surface area contributed by atoms with Crippen molar-refractivity contribution < 1.29 is 4.74 Å². The van der Waals surface area contributed by atoms with Gasteiger partial charge in [-0.3, -0.25) is 4.98 Å². The number of rotatable bonds is 3. The second-order valence-corrected chi connectivity index (χ2v) is 7.88. The van der Waals surface area contributed by atoms with E-state index in [2.05, 4.69) is 20.9 Å². The molecule has 2 aromatic heterocycles. The van der Waals surface area contributed by atoms with Gasteiger partial charge < -0.3 is 9.64 Å². The number of thiazole rings is 1. The van der Waals surface area contributed by atoms with Crippen molar-refractivity contribution in [2.24, 2.45) is 17.8 Å². The highest BCUT2D eigenvalue weighted by molar-refractivity contribution is 7.16. The summed E-state index contributed by atoms with van der Waals surface area (Å²) in [7, 11) is 0. The normalized spacial score (nSPS) is 35.7. The molecule has 0 amide bonds. The van der Waals surface area contributed by atoms with E-state index in [4.69, 9.17) is 4.74 Å². The van der Waals surface area contributed by atoms with E-state index in [-0.39, 0.29) is 0 Å². The first kappa shape index (κ1) is 13.0. The van der Waals surface area contributed by atoms with Crippen molar-refractivity contribution in [3.63, 3.8) is 0 Å². The standard InChI is InChI=1S/C17H19N3OS/c1-2-12(6-18-3-1)15-7-19-17(22-15)21-16-13-4-11-5-14(16)10-20(8-11)9-13/h1-3,6-7,11,13-14,16H,4-5,8-10H2/t11?,13-,14-,16?/m0/s1. The quantitative estimate of drug-likeness (QED) is 0.873. The van der Waals surface area contributed by atoms with Crippen LogP contribution in [-0.2, 0) is 0 Å². The van der Waals surface area contributed by atoms with Gasteiger partial charge in [-0.15, -0.1) is 0 Å². The lowest BCUT2D eigenvalue weighted by Gasteiger charge is -2.55. The summed E-state index contributed by atoms with van der Waals surface area (Å²) in [4.78, 5) is 12.4. The van der Waals surface area contributed by atoms with E-state index in [1.54, 1.807) is 17.5 Å². The highest BCUT2D eigenvalue weighted by Gasteiger charge is 2.48. The first-order valence-corrected chi connectivity index (χ1v) is 8.92. The molecule has 1 saturated carbocycles. The Hall–Kier alpha value is -1.46. The average Bonchev–Trinajstić information content (AvgIpc) is 3.00. The fourth-order valence-corrected chi connectivity index (χ4v) is 5.42. The Labute approximate surface area is 134 Å². The molecule has 2 atom stereocenters. The summed E-state index contributed by atoms with van der Waals surface area (Å²) < 4.78 is 6.35. The van der Waals surface area contributed by atoms with Gasteiger partial charge in [0.15, 0.2) is 0 Å². The molecule has 4 bridgehead atoms. The Balaban J connectivity index is 1.35. The minimum atomic E-state index is 0.376. The summed E-state index contributed by atoms with van der Waals surface area (Å²) >= 11 is 1.64. The molecule has 1 aliphatic carbocycles. The lowest BCUT2D eigenvalue weighted by molar-refractivity contribution is -0.0985. The summed E-state index contributed by atoms with van der Waals surface area (Å²) in [5.41, 5.74) is 1.12. The molecule has 0 radical (unpaired) electrons. The van der Waals surface area contributed by atoms with Crippen LogP contribution in [0.5, 0.6) is 5.19 Å². The van der Waals surface area contributed by atoms with Gasteiger partial charge in [-0.05, 0) is 24.8 Å². The van der Waals surface area contributed by atoms with Gasteiger partial charge in [-0.25, -0.2) is 4.98 Å². The van der Waals surface area contributed by atoms with Crippen LogP contribution in [-0.4, -0.2) is 40.6 Å². The van der Waals surface area contributed by atoms with Crippen molar-refractivity contribution >= 4 is 11.3 Å². The lowest BCUT2D eigenvalue weighted by atomic mass is 9.66. The highest BCUT2D eigenvalue weighted by atomic mass is 32.1. The maximum absolute atomic E-state index is 6.35. The number of piperidine rings is 3. The van der Waals surface area contributed by atoms with E-state index < -0.39 is 0 Å². The molecule has 6 rings (SSSR count). The molecule has 3 saturated heterocycles. The molecular weight excluding hydrogens is 294 g/mol. The topological polar surface area (TPSA) is 38.3 Å². The molecule has 0 spiro atoms. The molecule has 114 valence electrons. The molecule has 3 aliphatic heterocycles. The third kappa shape index (κ3) is 2.15. The fraction of sp³-hybridized carbons (Fsp3) is 0.529. The third-order valence-corrected chi connectivity index (χ3v) is 6.31. The van der Waals surface area contributed by atoms with Gasteiger partial charge in [-0.2, -0.15) is 0 Å². The number of hydrogen-bond donors (Lipinski definition) is 0. The fourth-order valence-electron chi connectivity index (χ4n) is 4.63. The molecule has 4 fully saturated rings. The Bertz CT molecular complexity index is 644. The first-order chi connectivity index (χ1) is 10.8. The molecule has 4 aliphatic rings. The Morgan fingerprint density at radius 3 is 2.73 bits per heavy atom. The van der Waals surface area contributed by atoms with Crippen LogP contribution in [0.3, 0.4) is 0 Å². The Morgan fingerprint density at radius 1 is 1.14 bits per heavy atom. The number of nitrogens with zero attached hydrogens (tertiary/aromatic N) is 3. The van der Waals surface area contributed by atoms with Crippen LogP contribution in [0.15, 0.2) is 30.7 Å². The van der Waals surface area contributed by atoms with E-state index in [1.807, 2.05) is 18.5 Å². The number of hydrogen-bond acceptors (Lipinski definition) is 5. The molecule has 5 heteroatoms. The van der Waals surface area contributed by atoms with E-state index in [0.717, 1.165) is 21.6 Å². The summed E-state index contributed by atoms with van der Waals surface area (Å²) in [5, 5.41) is 0.825. The molecule has 4 nitrogen and oxygen atoms in total. The van der Waals surface area contributed by atoms with Gasteiger partial charge in [0, 0.05) is 55.6 Å². The van der Waals surface area contributed by atoms with Crippen LogP contribution >= 0.6 is 11.3 Å². The summed E-state index contributed by atoms with van der Waals surface area (Å²) in [6, 6.07) is 4.03. The molecule has 0 aromatic carbocycles. The second kappa shape index (κ2) is 5.03. The van der Waals surface area contributed by atoms with Crippen LogP contribution in [0.25, 0.3) is 10.4 Å². The van der Waals surface area contributed by atoms with E-state index >= 15 is 0 Å². The summed E-state index contributed by atoms with van der Waals surface area (Å²) in [5.74, 6) is 2.33. The summed E-state index contributed by atoms with van der Waals surface area (Å²) in [6.07, 6.45) is 8.66. The van der Waals surface area contributed by atoms with Gasteiger partial charge in [0.25, 0.3) is 5.19 Å². The van der Waals surface area contributed by atoms with Crippen LogP contribution < -0.4 is 4.74 Å². The predicted octanol–water partition coefficient (Wildman–Crippen LogP) is 2.92. The first-order valence-electron chi connectivity index (χ1n) is 8.10. The Kier molecular flexibility index (Phi) is 2.98. The monoisotopic (exact) mass is 313 g/mol. The predicted molar refractivity (Wildman–Crippen MR) is 85.9 cm³/mol. The van der Waals surface area contributed by atoms with E-state index in [0.29, 0.717) is 17.9 Å². The van der Waals surface area contributed by atoms with Crippen LogP contribution in [0.1, 0.15) is 12.8 Å². The van der Waals surface area contributed by atoms with E-state index in [9.17, 15) is 0 Å². The zero-order chi connectivity index (χ0) is 14.5. The van der Waals surface area contributed by atoms with Crippen molar-refractivity contribution in [3.05, 3.63) is 30.7 Å². The van der Waals surface area contributed by atoms with Crippen molar-refractivity contribution in [3.8, 4) is 15.6 Å². The van der Waals surface area contributed by atoms with Gasteiger partial charge >= 0.3 is 0 Å². The third-order valence-electron chi connectivity index (χ3n) is 5.37. The van der Waals surface area contributed by atoms with Crippen molar-refractivity contribution in [1.82, 2.24) is 14.9 Å². The number of aromatic nitrogens is 2. The number of ether oxygens (including phenoxy) is 1. The lowest BCUT2D eigenvalue weighted by Crippen LogP contribution is -2.61. The van der Waals surface area contributed by atoms with Crippen molar-refractivity contribution in [2.45, 2.75) is 18.9 Å². The maximum Gasteiger partial charge on any atom is 0.274 e. The SMILES string of the molecule is c1cncc(-c2cnc(OC3[C@H]4CC5C[C@H]3CN(C5)C4)s2)c1. The zero-order valence-electron chi connectivity index (χ0n) is 12.4. The van der Waals surface area contributed by atoms with Crippen molar-refractivity contribution in [2.75, 3.05) is 19.6 Å². The summed E-state index contributed by atoms with van der Waals surface area (Å²) in [6.45, 7) is 3.76.